The zero-order valence-corrected chi connectivity index (χ0v) is 10.5. The first-order valence-electron chi connectivity index (χ1n) is 4.60. The number of hydrogen-bond acceptors (Lipinski definition) is 3. The first-order chi connectivity index (χ1) is 7.65. The third-order valence-corrected chi connectivity index (χ3v) is 3.62. The van der Waals surface area contributed by atoms with Crippen LogP contribution in [0.5, 0.6) is 5.75 Å². The fraction of sp³-hybridized carbons (Fsp3) is 0.0909. The van der Waals surface area contributed by atoms with E-state index in [0.29, 0.717) is 11.6 Å². The third-order valence-electron chi connectivity index (χ3n) is 2.04. The minimum atomic E-state index is 0.0892. The highest BCUT2D eigenvalue weighted by Gasteiger charge is 2.01. The van der Waals surface area contributed by atoms with E-state index in [9.17, 15) is 5.11 Å². The molecule has 84 valence electrons. The Morgan fingerprint density at radius 3 is 2.69 bits per heavy atom. The summed E-state index contributed by atoms with van der Waals surface area (Å²) < 4.78 is 0. The third kappa shape index (κ3) is 2.82. The summed E-state index contributed by atoms with van der Waals surface area (Å²) in [5.41, 5.74) is 0.868. The topological polar surface area (TPSA) is 32.3 Å². The molecule has 2 nitrogen and oxygen atoms in total. The molecule has 0 aliphatic rings. The van der Waals surface area contributed by atoms with E-state index in [4.69, 9.17) is 23.2 Å². The number of halogens is 2. The number of phenols is 1. The van der Waals surface area contributed by atoms with Crippen LogP contribution in [0.2, 0.25) is 10.0 Å². The molecule has 0 aliphatic heterocycles. The molecular formula is C11H9Cl2NOS. The van der Waals surface area contributed by atoms with E-state index in [1.807, 2.05) is 11.4 Å². The second-order valence-corrected chi connectivity index (χ2v) is 5.09. The lowest BCUT2D eigenvalue weighted by Crippen LogP contribution is -1.96. The lowest BCUT2D eigenvalue weighted by molar-refractivity contribution is 0.475. The number of aromatic hydroxyl groups is 1. The number of anilines is 1. The fourth-order valence-corrected chi connectivity index (χ4v) is 2.45. The second-order valence-electron chi connectivity index (χ2n) is 3.25. The van der Waals surface area contributed by atoms with Crippen molar-refractivity contribution in [1.82, 2.24) is 0 Å². The largest absolute Gasteiger partial charge is 0.506 e. The monoisotopic (exact) mass is 273 g/mol. The highest BCUT2D eigenvalue weighted by Crippen LogP contribution is 2.27. The van der Waals surface area contributed by atoms with E-state index in [1.165, 1.54) is 0 Å². The highest BCUT2D eigenvalue weighted by molar-refractivity contribution is 7.10. The molecule has 0 atom stereocenters. The molecule has 2 aromatic rings. The lowest BCUT2D eigenvalue weighted by Gasteiger charge is -2.05. The average molecular weight is 274 g/mol. The predicted octanol–water partition coefficient (Wildman–Crippen LogP) is 4.37. The molecule has 0 bridgehead atoms. The van der Waals surface area contributed by atoms with Crippen LogP contribution in [-0.2, 0) is 6.54 Å². The summed E-state index contributed by atoms with van der Waals surface area (Å²) in [7, 11) is 0. The van der Waals surface area contributed by atoms with Gasteiger partial charge >= 0.3 is 0 Å². The molecule has 0 radical (unpaired) electrons. The quantitative estimate of drug-likeness (QED) is 0.814. The van der Waals surface area contributed by atoms with Gasteiger partial charge in [-0.15, -0.1) is 11.3 Å². The molecule has 0 fully saturated rings. The number of thiophene rings is 1. The van der Waals surface area contributed by atoms with Gasteiger partial charge in [0.1, 0.15) is 5.75 Å². The van der Waals surface area contributed by atoms with E-state index >= 15 is 0 Å². The van der Waals surface area contributed by atoms with Crippen molar-refractivity contribution in [2.75, 3.05) is 5.32 Å². The van der Waals surface area contributed by atoms with E-state index in [-0.39, 0.29) is 5.75 Å². The standard InChI is InChI=1S/C11H9Cl2NOS/c12-7-3-9(16-6-7)5-14-8-1-2-11(15)10(13)4-8/h1-4,6,14-15H,5H2. The normalized spacial score (nSPS) is 10.4. The van der Waals surface area contributed by atoms with Crippen LogP contribution >= 0.6 is 34.5 Å². The smallest absolute Gasteiger partial charge is 0.134 e. The van der Waals surface area contributed by atoms with Crippen LogP contribution in [0.1, 0.15) is 4.88 Å². The second kappa shape index (κ2) is 4.95. The molecule has 1 aromatic carbocycles. The van der Waals surface area contributed by atoms with Crippen LogP contribution < -0.4 is 5.32 Å². The maximum atomic E-state index is 9.26. The maximum absolute atomic E-state index is 9.26. The molecule has 1 heterocycles. The van der Waals surface area contributed by atoms with Gasteiger partial charge in [-0.05, 0) is 24.3 Å². The van der Waals surface area contributed by atoms with Crippen molar-refractivity contribution in [2.45, 2.75) is 6.54 Å². The molecule has 0 saturated heterocycles. The van der Waals surface area contributed by atoms with Crippen molar-refractivity contribution in [3.8, 4) is 5.75 Å². The SMILES string of the molecule is Oc1ccc(NCc2cc(Cl)cs2)cc1Cl. The minimum Gasteiger partial charge on any atom is -0.506 e. The molecule has 5 heteroatoms. The molecule has 0 spiro atoms. The zero-order valence-electron chi connectivity index (χ0n) is 8.21. The van der Waals surface area contributed by atoms with Crippen molar-refractivity contribution in [2.24, 2.45) is 0 Å². The first kappa shape index (κ1) is 11.6. The number of benzene rings is 1. The van der Waals surface area contributed by atoms with Crippen molar-refractivity contribution < 1.29 is 5.11 Å². The summed E-state index contributed by atoms with van der Waals surface area (Å²) in [6.07, 6.45) is 0. The summed E-state index contributed by atoms with van der Waals surface area (Å²) in [6.45, 7) is 0.693. The molecule has 16 heavy (non-hydrogen) atoms. The molecule has 2 N–H and O–H groups in total. The van der Waals surface area contributed by atoms with Crippen LogP contribution in [0.15, 0.2) is 29.6 Å². The Morgan fingerprint density at radius 2 is 2.06 bits per heavy atom. The number of nitrogens with one attached hydrogen (secondary N) is 1. The van der Waals surface area contributed by atoms with Crippen LogP contribution in [0.25, 0.3) is 0 Å². The maximum Gasteiger partial charge on any atom is 0.134 e. The van der Waals surface area contributed by atoms with E-state index < -0.39 is 0 Å². The van der Waals surface area contributed by atoms with Gasteiger partial charge in [-0.2, -0.15) is 0 Å². The van der Waals surface area contributed by atoms with E-state index in [2.05, 4.69) is 5.32 Å². The van der Waals surface area contributed by atoms with Gasteiger partial charge in [0.05, 0.1) is 10.0 Å². The van der Waals surface area contributed by atoms with Crippen molar-refractivity contribution in [3.05, 3.63) is 44.6 Å². The number of hydrogen-bond donors (Lipinski definition) is 2. The summed E-state index contributed by atoms with van der Waals surface area (Å²) in [6, 6.07) is 6.94. The van der Waals surface area contributed by atoms with Gasteiger partial charge in [0.25, 0.3) is 0 Å². The Hall–Kier alpha value is -0.900. The Balaban J connectivity index is 2.02. The van der Waals surface area contributed by atoms with Gasteiger partial charge in [0.15, 0.2) is 0 Å². The fourth-order valence-electron chi connectivity index (χ4n) is 1.25. The van der Waals surface area contributed by atoms with Crippen molar-refractivity contribution in [3.63, 3.8) is 0 Å². The Morgan fingerprint density at radius 1 is 1.25 bits per heavy atom. The lowest BCUT2D eigenvalue weighted by atomic mass is 10.3. The van der Waals surface area contributed by atoms with Crippen molar-refractivity contribution in [1.29, 1.82) is 0 Å². The molecule has 0 saturated carbocycles. The van der Waals surface area contributed by atoms with Gasteiger partial charge in [-0.1, -0.05) is 23.2 Å². The highest BCUT2D eigenvalue weighted by atomic mass is 35.5. The van der Waals surface area contributed by atoms with E-state index in [0.717, 1.165) is 15.6 Å². The van der Waals surface area contributed by atoms with Crippen molar-refractivity contribution >= 4 is 40.2 Å². The Kier molecular flexibility index (Phi) is 3.59. The van der Waals surface area contributed by atoms with Crippen LogP contribution in [0.3, 0.4) is 0 Å². The van der Waals surface area contributed by atoms with E-state index in [1.54, 1.807) is 29.5 Å². The van der Waals surface area contributed by atoms with Crippen LogP contribution in [-0.4, -0.2) is 5.11 Å². The summed E-state index contributed by atoms with van der Waals surface area (Å²) in [5.74, 6) is 0.0892. The molecule has 0 unspecified atom stereocenters. The minimum absolute atomic E-state index is 0.0892. The summed E-state index contributed by atoms with van der Waals surface area (Å²) in [5, 5.41) is 15.4. The van der Waals surface area contributed by atoms with Crippen LogP contribution in [0.4, 0.5) is 5.69 Å². The molecule has 2 rings (SSSR count). The molecular weight excluding hydrogens is 265 g/mol. The number of rotatable bonds is 3. The van der Waals surface area contributed by atoms with Gasteiger partial charge in [0.2, 0.25) is 0 Å². The molecule has 1 aromatic heterocycles. The van der Waals surface area contributed by atoms with Gasteiger partial charge in [0, 0.05) is 22.5 Å². The zero-order chi connectivity index (χ0) is 11.5. The first-order valence-corrected chi connectivity index (χ1v) is 6.24. The Labute approximate surface area is 107 Å². The number of phenolic OH excluding ortho intramolecular Hbond substituents is 1. The summed E-state index contributed by atoms with van der Waals surface area (Å²) >= 11 is 13.2. The van der Waals surface area contributed by atoms with Gasteiger partial charge in [-0.3, -0.25) is 0 Å². The molecule has 0 aliphatic carbocycles. The Bertz CT molecular complexity index is 498. The molecule has 0 amide bonds. The summed E-state index contributed by atoms with van der Waals surface area (Å²) in [4.78, 5) is 1.15. The predicted molar refractivity (Wildman–Crippen MR) is 69.8 cm³/mol. The van der Waals surface area contributed by atoms with Gasteiger partial charge < -0.3 is 10.4 Å². The van der Waals surface area contributed by atoms with Crippen LogP contribution in [0, 0.1) is 0 Å². The average Bonchev–Trinajstić information content (AvgIpc) is 2.66. The van der Waals surface area contributed by atoms with Gasteiger partial charge in [-0.25, -0.2) is 0 Å².